The van der Waals surface area contributed by atoms with Crippen LogP contribution in [0.25, 0.3) is 31.3 Å². The van der Waals surface area contributed by atoms with Crippen molar-refractivity contribution < 1.29 is 4.92 Å². The molecule has 0 unspecified atom stereocenters. The van der Waals surface area contributed by atoms with Gasteiger partial charge in [0, 0.05) is 26.9 Å². The molecular weight excluding hydrogens is 280 g/mol. The maximum absolute atomic E-state index is 10.9. The van der Waals surface area contributed by atoms with Crippen molar-refractivity contribution in [2.45, 2.75) is 19.6 Å². The number of nitro benzene ring substituents is 1. The zero-order valence-corrected chi connectivity index (χ0v) is 10.6. The molecule has 0 aromatic heterocycles. The highest BCUT2D eigenvalue weighted by Crippen LogP contribution is 2.25. The van der Waals surface area contributed by atoms with E-state index in [9.17, 15) is 10.1 Å². The van der Waals surface area contributed by atoms with Crippen molar-refractivity contribution in [1.82, 2.24) is 0 Å². The summed E-state index contributed by atoms with van der Waals surface area (Å²) in [4.78, 5) is 18.1. The van der Waals surface area contributed by atoms with Crippen molar-refractivity contribution in [2.75, 3.05) is 0 Å². The second kappa shape index (κ2) is 7.87. The van der Waals surface area contributed by atoms with Gasteiger partial charge in [0.25, 0.3) is 5.69 Å². The van der Waals surface area contributed by atoms with Crippen LogP contribution in [0, 0.1) is 10.1 Å². The molecule has 0 saturated heterocycles. The Hall–Kier alpha value is -3.45. The smallest absolute Gasteiger partial charge is 0.258 e. The third-order valence-electron chi connectivity index (χ3n) is 2.53. The van der Waals surface area contributed by atoms with E-state index in [4.69, 9.17) is 16.6 Å². The quantitative estimate of drug-likeness (QED) is 0.241. The van der Waals surface area contributed by atoms with Gasteiger partial charge in [-0.2, -0.15) is 0 Å². The van der Waals surface area contributed by atoms with E-state index in [1.54, 1.807) is 0 Å². The number of nitro groups is 1. The molecule has 0 atom stereocenters. The second-order valence-electron chi connectivity index (χ2n) is 3.67. The molecule has 1 rings (SSSR count). The number of benzene rings is 1. The van der Waals surface area contributed by atoms with E-state index in [0.717, 1.165) is 0 Å². The first-order valence-corrected chi connectivity index (χ1v) is 5.45. The van der Waals surface area contributed by atoms with Crippen LogP contribution in [-0.2, 0) is 19.6 Å². The Morgan fingerprint density at radius 2 is 1.38 bits per heavy atom. The summed E-state index contributed by atoms with van der Waals surface area (Å²) in [5.41, 5.74) is 26.0. The Morgan fingerprint density at radius 1 is 0.952 bits per heavy atom. The van der Waals surface area contributed by atoms with Gasteiger partial charge >= 0.3 is 0 Å². The first kappa shape index (κ1) is 15.6. The fraction of sp³-hybridized carbons (Fsp3) is 0.333. The van der Waals surface area contributed by atoms with Crippen LogP contribution < -0.4 is 0 Å². The third kappa shape index (κ3) is 4.30. The van der Waals surface area contributed by atoms with E-state index >= 15 is 0 Å². The molecule has 1 aromatic rings. The van der Waals surface area contributed by atoms with E-state index in [-0.39, 0.29) is 25.3 Å². The van der Waals surface area contributed by atoms with Crippen molar-refractivity contribution in [3.63, 3.8) is 0 Å². The van der Waals surface area contributed by atoms with E-state index in [1.165, 1.54) is 12.1 Å². The van der Waals surface area contributed by atoms with Crippen LogP contribution in [0.4, 0.5) is 5.69 Å². The van der Waals surface area contributed by atoms with Crippen molar-refractivity contribution >= 4 is 5.69 Å². The topological polar surface area (TPSA) is 189 Å². The Morgan fingerprint density at radius 3 is 1.76 bits per heavy atom. The van der Waals surface area contributed by atoms with Gasteiger partial charge in [0.1, 0.15) is 0 Å². The lowest BCUT2D eigenvalue weighted by atomic mass is 9.99. The normalized spacial score (nSPS) is 8.95. The molecule has 1 aromatic carbocycles. The third-order valence-corrected chi connectivity index (χ3v) is 2.53. The molecule has 0 N–H and O–H groups in total. The van der Waals surface area contributed by atoms with Gasteiger partial charge < -0.3 is 0 Å². The Balaban J connectivity index is 3.48. The first-order chi connectivity index (χ1) is 10.1. The van der Waals surface area contributed by atoms with Gasteiger partial charge in [-0.25, -0.2) is 0 Å². The van der Waals surface area contributed by atoms with E-state index < -0.39 is 4.92 Å². The monoisotopic (exact) mass is 288 g/mol. The van der Waals surface area contributed by atoms with Gasteiger partial charge in [-0.05, 0) is 33.3 Å². The molecule has 0 heterocycles. The van der Waals surface area contributed by atoms with Gasteiger partial charge in [0.05, 0.1) is 24.6 Å². The molecule has 0 saturated carbocycles. The summed E-state index contributed by atoms with van der Waals surface area (Å²) in [5, 5.41) is 21.0. The predicted molar refractivity (Wildman–Crippen MR) is 71.6 cm³/mol. The molecule has 12 heteroatoms. The second-order valence-corrected chi connectivity index (χ2v) is 3.67. The average Bonchev–Trinajstić information content (AvgIpc) is 2.48. The molecule has 12 nitrogen and oxygen atoms in total. The molecule has 0 fully saturated rings. The van der Waals surface area contributed by atoms with Gasteiger partial charge in [-0.1, -0.05) is 15.3 Å². The predicted octanol–water partition coefficient (Wildman–Crippen LogP) is 4.03. The summed E-state index contributed by atoms with van der Waals surface area (Å²) in [6, 6.07) is 2.47. The van der Waals surface area contributed by atoms with Crippen LogP contribution in [-0.4, -0.2) is 4.92 Å². The maximum atomic E-state index is 10.9. The molecule has 0 aliphatic rings. The first-order valence-electron chi connectivity index (χ1n) is 5.45. The highest BCUT2D eigenvalue weighted by Gasteiger charge is 2.15. The number of hydrogen-bond acceptors (Lipinski definition) is 5. The van der Waals surface area contributed by atoms with Crippen LogP contribution >= 0.6 is 0 Å². The van der Waals surface area contributed by atoms with Crippen molar-refractivity contribution in [3.05, 3.63) is 70.3 Å². The standard InChI is InChI=1S/C9H8N10O2/c10-16-13-3-6-1-8(19(20)21)2-7(4-14-17-11)9(6)5-15-18-12/h1-2H,3-5H2. The van der Waals surface area contributed by atoms with Crippen LogP contribution in [0.5, 0.6) is 0 Å². The van der Waals surface area contributed by atoms with Crippen LogP contribution in [0.3, 0.4) is 0 Å². The van der Waals surface area contributed by atoms with E-state index in [2.05, 4.69) is 30.1 Å². The minimum absolute atomic E-state index is 0.0962. The van der Waals surface area contributed by atoms with E-state index in [1.807, 2.05) is 0 Å². The largest absolute Gasteiger partial charge is 0.269 e. The van der Waals surface area contributed by atoms with Crippen LogP contribution in [0.2, 0.25) is 0 Å². The summed E-state index contributed by atoms with van der Waals surface area (Å²) in [5.74, 6) is 0. The highest BCUT2D eigenvalue weighted by molar-refractivity contribution is 5.46. The summed E-state index contributed by atoms with van der Waals surface area (Å²) in [6.07, 6.45) is 0. The minimum atomic E-state index is -0.615. The van der Waals surface area contributed by atoms with Crippen LogP contribution in [0.15, 0.2) is 27.5 Å². The Kier molecular flexibility index (Phi) is 5.85. The maximum Gasteiger partial charge on any atom is 0.269 e. The highest BCUT2D eigenvalue weighted by atomic mass is 16.6. The molecule has 0 bridgehead atoms. The summed E-state index contributed by atoms with van der Waals surface area (Å²) in [6.45, 7) is -0.378. The van der Waals surface area contributed by atoms with Gasteiger partial charge in [0.15, 0.2) is 0 Å². The lowest BCUT2D eigenvalue weighted by Gasteiger charge is -2.10. The number of rotatable bonds is 7. The molecule has 0 aliphatic heterocycles. The number of azide groups is 3. The Labute approximate surface area is 117 Å². The number of nitrogens with zero attached hydrogens (tertiary/aromatic N) is 10. The molecular formula is C9H8N10O2. The molecule has 21 heavy (non-hydrogen) atoms. The minimum Gasteiger partial charge on any atom is -0.258 e. The number of non-ortho nitro benzene ring substituents is 1. The zero-order valence-electron chi connectivity index (χ0n) is 10.6. The lowest BCUT2D eigenvalue weighted by molar-refractivity contribution is -0.385. The van der Waals surface area contributed by atoms with Crippen LogP contribution in [0.1, 0.15) is 16.7 Å². The van der Waals surface area contributed by atoms with Gasteiger partial charge in [-0.15, -0.1) is 0 Å². The van der Waals surface area contributed by atoms with Crippen molar-refractivity contribution in [2.24, 2.45) is 15.3 Å². The van der Waals surface area contributed by atoms with Crippen molar-refractivity contribution in [1.29, 1.82) is 0 Å². The summed E-state index contributed by atoms with van der Waals surface area (Å²) >= 11 is 0. The molecule has 0 aliphatic carbocycles. The SMILES string of the molecule is [N-]=[N+]=NCc1cc([N+](=O)[O-])cc(CN=[N+]=[N-])c1CN=[N+]=[N-]. The Bertz CT molecular complexity index is 653. The summed E-state index contributed by atoms with van der Waals surface area (Å²) < 4.78 is 0. The van der Waals surface area contributed by atoms with E-state index in [0.29, 0.717) is 16.7 Å². The average molecular weight is 288 g/mol. The molecule has 106 valence electrons. The fourth-order valence-electron chi connectivity index (χ4n) is 1.69. The zero-order chi connectivity index (χ0) is 15.7. The molecule has 0 amide bonds. The van der Waals surface area contributed by atoms with Gasteiger partial charge in [0.2, 0.25) is 0 Å². The summed E-state index contributed by atoms with van der Waals surface area (Å²) in [7, 11) is 0. The fourth-order valence-corrected chi connectivity index (χ4v) is 1.69. The molecule has 0 spiro atoms. The lowest BCUT2D eigenvalue weighted by Crippen LogP contribution is -2.01. The van der Waals surface area contributed by atoms with Crippen molar-refractivity contribution in [3.8, 4) is 0 Å². The molecule has 0 radical (unpaired) electrons. The number of hydrogen-bond donors (Lipinski definition) is 0. The van der Waals surface area contributed by atoms with Gasteiger partial charge in [-0.3, -0.25) is 10.1 Å².